The van der Waals surface area contributed by atoms with Crippen LogP contribution in [0.1, 0.15) is 22.8 Å². The molecule has 2 bridgehead atoms. The molecule has 10 heteroatoms. The van der Waals surface area contributed by atoms with Gasteiger partial charge in [-0.3, -0.25) is 24.1 Å². The van der Waals surface area contributed by atoms with Crippen LogP contribution in [0.15, 0.2) is 107 Å². The molecule has 9 rings (SSSR count). The van der Waals surface area contributed by atoms with Crippen LogP contribution in [0.25, 0.3) is 10.8 Å². The van der Waals surface area contributed by atoms with E-state index in [1.165, 1.54) is 16.2 Å². The van der Waals surface area contributed by atoms with Crippen molar-refractivity contribution in [1.29, 1.82) is 0 Å². The highest BCUT2D eigenvalue weighted by Crippen LogP contribution is 2.68. The Morgan fingerprint density at radius 1 is 0.851 bits per heavy atom. The number of thioether (sulfide) groups is 1. The second-order valence-corrected chi connectivity index (χ2v) is 15.0. The van der Waals surface area contributed by atoms with Crippen LogP contribution in [-0.4, -0.2) is 34.6 Å². The molecule has 47 heavy (non-hydrogen) atoms. The van der Waals surface area contributed by atoms with E-state index in [4.69, 9.17) is 4.74 Å². The number of nitrogens with zero attached hydrogens (tertiary/aromatic N) is 1. The molecule has 3 fully saturated rings. The van der Waals surface area contributed by atoms with Gasteiger partial charge in [0.1, 0.15) is 5.75 Å². The predicted octanol–water partition coefficient (Wildman–Crippen LogP) is 6.29. The first-order valence-corrected chi connectivity index (χ1v) is 17.5. The molecule has 1 aromatic heterocycles. The fraction of sp³-hybridized carbons (Fsp3) is 0.243. The van der Waals surface area contributed by atoms with Crippen LogP contribution in [0.2, 0.25) is 0 Å². The van der Waals surface area contributed by atoms with Crippen molar-refractivity contribution in [3.8, 4) is 5.75 Å². The highest BCUT2D eigenvalue weighted by Gasteiger charge is 2.69. The smallest absolute Gasteiger partial charge is 0.305 e. The Kier molecular flexibility index (Phi) is 6.65. The number of ether oxygens (including phenoxy) is 1. The summed E-state index contributed by atoms with van der Waals surface area (Å²) in [6.07, 6.45) is 0.818. The lowest BCUT2D eigenvalue weighted by Gasteiger charge is -2.43. The maximum atomic E-state index is 13.9. The van der Waals surface area contributed by atoms with E-state index in [2.05, 4.69) is 10.3 Å². The van der Waals surface area contributed by atoms with Gasteiger partial charge in [-0.25, -0.2) is 0 Å². The average molecular weight is 660 g/mol. The number of imide groups is 1. The summed E-state index contributed by atoms with van der Waals surface area (Å²) in [5.41, 5.74) is 2.30. The number of benzene rings is 4. The lowest BCUT2D eigenvalue weighted by molar-refractivity contribution is -0.123. The summed E-state index contributed by atoms with van der Waals surface area (Å²) in [6.45, 7) is -0.161. The molecule has 8 nitrogen and oxygen atoms in total. The lowest BCUT2D eigenvalue weighted by atomic mass is 9.68. The zero-order chi connectivity index (χ0) is 31.8. The molecule has 2 N–H and O–H groups in total. The first-order chi connectivity index (χ1) is 22.9. The van der Waals surface area contributed by atoms with Crippen molar-refractivity contribution in [2.45, 2.75) is 22.6 Å². The first kappa shape index (κ1) is 28.5. The van der Waals surface area contributed by atoms with E-state index < -0.39 is 0 Å². The molecule has 5 aromatic rings. The quantitative estimate of drug-likeness (QED) is 0.208. The predicted molar refractivity (Wildman–Crippen MR) is 182 cm³/mol. The minimum absolute atomic E-state index is 0.0142. The minimum atomic E-state index is -0.368. The Morgan fingerprint density at radius 3 is 2.45 bits per heavy atom. The zero-order valence-corrected chi connectivity index (χ0v) is 26.6. The number of hydrogen-bond donors (Lipinski definition) is 2. The van der Waals surface area contributed by atoms with E-state index in [1.54, 1.807) is 11.8 Å². The molecule has 4 unspecified atom stereocenters. The largest absolute Gasteiger partial charge is 0.484 e. The number of fused-ring (bicyclic) bond motifs is 10. The molecule has 2 saturated carbocycles. The van der Waals surface area contributed by atoms with E-state index in [0.29, 0.717) is 17.1 Å². The fourth-order valence-corrected chi connectivity index (χ4v) is 11.5. The van der Waals surface area contributed by atoms with Crippen molar-refractivity contribution < 1.29 is 19.1 Å². The zero-order valence-electron chi connectivity index (χ0n) is 25.0. The number of aromatic nitrogens is 1. The van der Waals surface area contributed by atoms with Crippen molar-refractivity contribution in [3.05, 3.63) is 117 Å². The summed E-state index contributed by atoms with van der Waals surface area (Å²) in [5, 5.41) is 6.01. The Balaban J connectivity index is 0.989. The van der Waals surface area contributed by atoms with Crippen LogP contribution in [-0.2, 0) is 14.4 Å². The van der Waals surface area contributed by atoms with Gasteiger partial charge in [0.2, 0.25) is 11.8 Å². The first-order valence-electron chi connectivity index (χ1n) is 15.8. The molecule has 3 amide bonds. The molecule has 2 aliphatic heterocycles. The van der Waals surface area contributed by atoms with Crippen LogP contribution in [0.5, 0.6) is 5.75 Å². The van der Waals surface area contributed by atoms with Gasteiger partial charge in [-0.1, -0.05) is 72.0 Å². The number of anilines is 2. The number of H-pyrrole nitrogens is 1. The third-order valence-corrected chi connectivity index (χ3v) is 12.9. The normalized spacial score (nSPS) is 27.1. The third-order valence-electron chi connectivity index (χ3n) is 10.4. The van der Waals surface area contributed by atoms with Crippen LogP contribution < -0.4 is 19.8 Å². The fourth-order valence-electron chi connectivity index (χ4n) is 8.63. The van der Waals surface area contributed by atoms with E-state index >= 15 is 0 Å². The molecule has 0 spiro atoms. The summed E-state index contributed by atoms with van der Waals surface area (Å²) in [7, 11) is 0. The van der Waals surface area contributed by atoms with Crippen LogP contribution in [0.4, 0.5) is 11.4 Å². The molecule has 4 aromatic carbocycles. The monoisotopic (exact) mass is 659 g/mol. The number of hydrogen-bond acceptors (Lipinski definition) is 7. The highest BCUT2D eigenvalue weighted by molar-refractivity contribution is 8.00. The molecule has 7 atom stereocenters. The number of thiazole rings is 1. The second kappa shape index (κ2) is 11.0. The number of para-hydroxylation sites is 1. The molecule has 234 valence electrons. The molecular weight excluding hydrogens is 631 g/mol. The van der Waals surface area contributed by atoms with E-state index in [1.807, 2.05) is 97.1 Å². The molecule has 4 aliphatic rings. The second-order valence-electron chi connectivity index (χ2n) is 12.8. The van der Waals surface area contributed by atoms with Gasteiger partial charge in [0.05, 0.1) is 22.5 Å². The van der Waals surface area contributed by atoms with Crippen LogP contribution >= 0.6 is 23.1 Å². The third kappa shape index (κ3) is 4.57. The average Bonchev–Trinajstić information content (AvgIpc) is 3.83. The van der Waals surface area contributed by atoms with Gasteiger partial charge in [-0.15, -0.1) is 11.8 Å². The maximum Gasteiger partial charge on any atom is 0.305 e. The Bertz CT molecular complexity index is 2140. The van der Waals surface area contributed by atoms with Gasteiger partial charge >= 0.3 is 4.87 Å². The Morgan fingerprint density at radius 2 is 1.62 bits per heavy atom. The highest BCUT2D eigenvalue weighted by atomic mass is 32.2. The number of carbonyl (C=O) groups is 3. The lowest BCUT2D eigenvalue weighted by Crippen LogP contribution is -2.42. The number of rotatable bonds is 6. The number of carbonyl (C=O) groups excluding carboxylic acids is 3. The van der Waals surface area contributed by atoms with Crippen molar-refractivity contribution in [1.82, 2.24) is 4.98 Å². The number of amides is 3. The van der Waals surface area contributed by atoms with Crippen molar-refractivity contribution >= 4 is 63.0 Å². The summed E-state index contributed by atoms with van der Waals surface area (Å²) in [4.78, 5) is 58.6. The maximum absolute atomic E-state index is 13.9. The van der Waals surface area contributed by atoms with Gasteiger partial charge in [0.15, 0.2) is 6.61 Å². The van der Waals surface area contributed by atoms with Gasteiger partial charge < -0.3 is 15.0 Å². The Labute approximate surface area is 278 Å². The molecule has 1 saturated heterocycles. The topological polar surface area (TPSA) is 109 Å². The van der Waals surface area contributed by atoms with Crippen molar-refractivity contribution in [2.24, 2.45) is 29.6 Å². The van der Waals surface area contributed by atoms with Gasteiger partial charge in [-0.2, -0.15) is 0 Å². The van der Waals surface area contributed by atoms with Gasteiger partial charge in [0, 0.05) is 21.7 Å². The summed E-state index contributed by atoms with van der Waals surface area (Å²) >= 11 is 2.89. The number of aromatic amines is 1. The van der Waals surface area contributed by atoms with Crippen LogP contribution in [0, 0.1) is 29.6 Å². The van der Waals surface area contributed by atoms with Gasteiger partial charge in [0.25, 0.3) is 5.91 Å². The SMILES string of the molecule is O=C(COc1cccc([C@H]2c3sc(=O)[nH]c3SC3C2[C@H]2C[C@@H]3C3C(=O)N(c4ccccc4)C(=O)C32)c1)Nc1ccc2ccccc2c1. The standard InChI is InChI=1S/C37H29N3O5S2/c41-27(38-22-14-13-19-7-4-5-8-20(19)15-22)18-45-24-12-6-9-21(16-24)28-29-25-17-26(32(29)46-34-33(28)47-37(44)39-34)31-30(25)35(42)40(36(31)43)23-10-2-1-3-11-23/h1-16,25-26,28-32H,17-18H2,(H,38,41)(H,39,44)/t25-,26-,28-,29?,30?,31?,32?/m1/s1. The summed E-state index contributed by atoms with van der Waals surface area (Å²) in [5.74, 6) is -0.639. The van der Waals surface area contributed by atoms with E-state index in [0.717, 1.165) is 32.7 Å². The molecule has 0 radical (unpaired) electrons. The Hall–Kier alpha value is -4.67. The van der Waals surface area contributed by atoms with E-state index in [9.17, 15) is 19.2 Å². The van der Waals surface area contributed by atoms with E-state index in [-0.39, 0.29) is 70.0 Å². The minimum Gasteiger partial charge on any atom is -0.484 e. The van der Waals surface area contributed by atoms with Gasteiger partial charge in [-0.05, 0) is 76.9 Å². The van der Waals surface area contributed by atoms with Crippen LogP contribution in [0.3, 0.4) is 0 Å². The summed E-state index contributed by atoms with van der Waals surface area (Å²) < 4.78 is 6.00. The molecular formula is C37H29N3O5S2. The van der Waals surface area contributed by atoms with Crippen molar-refractivity contribution in [3.63, 3.8) is 0 Å². The number of nitrogens with one attached hydrogen (secondary N) is 2. The van der Waals surface area contributed by atoms with Crippen molar-refractivity contribution in [2.75, 3.05) is 16.8 Å². The molecule has 3 heterocycles. The summed E-state index contributed by atoms with van der Waals surface area (Å²) in [6, 6.07) is 30.7. The molecule has 2 aliphatic carbocycles.